The maximum atomic E-state index is 11.2. The SMILES string of the molecule is C=CC(=O)OC(=O)/C(C)=C\C(=O)OCCC. The van der Waals surface area contributed by atoms with Gasteiger partial charge in [0.05, 0.1) is 6.61 Å². The van der Waals surface area contributed by atoms with Gasteiger partial charge in [-0.05, 0) is 13.3 Å². The van der Waals surface area contributed by atoms with Crippen molar-refractivity contribution in [3.8, 4) is 0 Å². The Balaban J connectivity index is 4.30. The van der Waals surface area contributed by atoms with E-state index >= 15 is 0 Å². The second-order valence-electron chi connectivity index (χ2n) is 2.91. The normalized spacial score (nSPS) is 10.5. The van der Waals surface area contributed by atoms with Gasteiger partial charge in [0.15, 0.2) is 0 Å². The van der Waals surface area contributed by atoms with Gasteiger partial charge in [-0.25, -0.2) is 14.4 Å². The second-order valence-corrected chi connectivity index (χ2v) is 2.91. The lowest BCUT2D eigenvalue weighted by atomic mass is 10.3. The van der Waals surface area contributed by atoms with Gasteiger partial charge in [-0.15, -0.1) is 0 Å². The number of ether oxygens (including phenoxy) is 2. The Morgan fingerprint density at radius 1 is 1.25 bits per heavy atom. The third-order valence-electron chi connectivity index (χ3n) is 1.46. The predicted molar refractivity (Wildman–Crippen MR) is 56.3 cm³/mol. The molecular weight excluding hydrogens is 212 g/mol. The van der Waals surface area contributed by atoms with Crippen LogP contribution in [-0.4, -0.2) is 24.5 Å². The number of hydrogen-bond acceptors (Lipinski definition) is 5. The first-order valence-electron chi connectivity index (χ1n) is 4.74. The largest absolute Gasteiger partial charge is 0.463 e. The highest BCUT2D eigenvalue weighted by atomic mass is 16.6. The number of carbonyl (C=O) groups is 3. The maximum absolute atomic E-state index is 11.2. The fraction of sp³-hybridized carbons (Fsp3) is 0.364. The summed E-state index contributed by atoms with van der Waals surface area (Å²) < 4.78 is 9.01. The Morgan fingerprint density at radius 2 is 1.88 bits per heavy atom. The molecule has 0 aromatic heterocycles. The van der Waals surface area contributed by atoms with E-state index in [1.165, 1.54) is 6.92 Å². The molecule has 5 heteroatoms. The van der Waals surface area contributed by atoms with Crippen LogP contribution in [0.2, 0.25) is 0 Å². The van der Waals surface area contributed by atoms with Crippen LogP contribution in [0.15, 0.2) is 24.3 Å². The minimum Gasteiger partial charge on any atom is -0.463 e. The molecule has 0 spiro atoms. The summed E-state index contributed by atoms with van der Waals surface area (Å²) in [7, 11) is 0. The van der Waals surface area contributed by atoms with Crippen LogP contribution in [0.1, 0.15) is 20.3 Å². The first kappa shape index (κ1) is 14.1. The number of rotatable bonds is 5. The molecule has 0 saturated carbocycles. The monoisotopic (exact) mass is 226 g/mol. The highest BCUT2D eigenvalue weighted by Gasteiger charge is 2.11. The molecule has 0 bridgehead atoms. The Kier molecular flexibility index (Phi) is 6.51. The fourth-order valence-electron chi connectivity index (χ4n) is 0.694. The predicted octanol–water partition coefficient (Wildman–Crippen LogP) is 1.14. The molecule has 0 unspecified atom stereocenters. The van der Waals surface area contributed by atoms with Crippen molar-refractivity contribution in [1.29, 1.82) is 0 Å². The third-order valence-corrected chi connectivity index (χ3v) is 1.46. The molecule has 0 aromatic carbocycles. The molecule has 0 rings (SSSR count). The summed E-state index contributed by atoms with van der Waals surface area (Å²) in [5.41, 5.74) is -0.00342. The van der Waals surface area contributed by atoms with Crippen LogP contribution in [0.4, 0.5) is 0 Å². The Labute approximate surface area is 93.7 Å². The van der Waals surface area contributed by atoms with Gasteiger partial charge in [0.25, 0.3) is 0 Å². The van der Waals surface area contributed by atoms with E-state index < -0.39 is 17.9 Å². The second kappa shape index (κ2) is 7.39. The van der Waals surface area contributed by atoms with Crippen molar-refractivity contribution < 1.29 is 23.9 Å². The Hall–Kier alpha value is -1.91. The van der Waals surface area contributed by atoms with Gasteiger partial charge in [-0.1, -0.05) is 13.5 Å². The van der Waals surface area contributed by atoms with E-state index in [-0.39, 0.29) is 12.2 Å². The molecule has 0 aliphatic heterocycles. The number of carbonyl (C=O) groups excluding carboxylic acids is 3. The zero-order valence-corrected chi connectivity index (χ0v) is 9.32. The Bertz CT molecular complexity index is 327. The molecule has 0 amide bonds. The van der Waals surface area contributed by atoms with Gasteiger partial charge >= 0.3 is 17.9 Å². The molecule has 0 fully saturated rings. The van der Waals surface area contributed by atoms with Crippen LogP contribution < -0.4 is 0 Å². The van der Waals surface area contributed by atoms with E-state index in [0.717, 1.165) is 12.2 Å². The molecule has 0 heterocycles. The van der Waals surface area contributed by atoms with Gasteiger partial charge in [-0.3, -0.25) is 0 Å². The van der Waals surface area contributed by atoms with Crippen molar-refractivity contribution in [2.24, 2.45) is 0 Å². The highest BCUT2D eigenvalue weighted by Crippen LogP contribution is 1.99. The van der Waals surface area contributed by atoms with E-state index in [4.69, 9.17) is 4.74 Å². The van der Waals surface area contributed by atoms with Crippen molar-refractivity contribution >= 4 is 17.9 Å². The third kappa shape index (κ3) is 5.74. The zero-order chi connectivity index (χ0) is 12.6. The van der Waals surface area contributed by atoms with Crippen molar-refractivity contribution in [2.75, 3.05) is 6.61 Å². The summed E-state index contributed by atoms with van der Waals surface area (Å²) in [6.07, 6.45) is 2.53. The molecule has 88 valence electrons. The van der Waals surface area contributed by atoms with Crippen molar-refractivity contribution in [2.45, 2.75) is 20.3 Å². The van der Waals surface area contributed by atoms with Crippen LogP contribution in [-0.2, 0) is 23.9 Å². The van der Waals surface area contributed by atoms with E-state index in [1.807, 2.05) is 6.92 Å². The average Bonchev–Trinajstić information content (AvgIpc) is 2.25. The van der Waals surface area contributed by atoms with Crippen LogP contribution in [0.5, 0.6) is 0 Å². The van der Waals surface area contributed by atoms with E-state index in [2.05, 4.69) is 11.3 Å². The van der Waals surface area contributed by atoms with Gasteiger partial charge in [0.1, 0.15) is 0 Å². The quantitative estimate of drug-likeness (QED) is 0.399. The lowest BCUT2D eigenvalue weighted by Gasteiger charge is -2.01. The molecule has 0 aliphatic carbocycles. The van der Waals surface area contributed by atoms with Gasteiger partial charge < -0.3 is 9.47 Å². The number of hydrogen-bond donors (Lipinski definition) is 0. The zero-order valence-electron chi connectivity index (χ0n) is 9.32. The number of esters is 3. The molecule has 16 heavy (non-hydrogen) atoms. The smallest absolute Gasteiger partial charge is 0.341 e. The van der Waals surface area contributed by atoms with Crippen LogP contribution in [0.25, 0.3) is 0 Å². The molecule has 0 aliphatic rings. The molecule has 0 atom stereocenters. The van der Waals surface area contributed by atoms with Gasteiger partial charge in [0.2, 0.25) is 0 Å². The molecule has 0 saturated heterocycles. The molecule has 0 aromatic rings. The van der Waals surface area contributed by atoms with Crippen LogP contribution in [0.3, 0.4) is 0 Å². The van der Waals surface area contributed by atoms with Crippen molar-refractivity contribution in [1.82, 2.24) is 0 Å². The molecular formula is C11H14O5. The topological polar surface area (TPSA) is 69.7 Å². The van der Waals surface area contributed by atoms with E-state index in [1.54, 1.807) is 0 Å². The van der Waals surface area contributed by atoms with Crippen LogP contribution >= 0.6 is 0 Å². The average molecular weight is 226 g/mol. The first-order valence-corrected chi connectivity index (χ1v) is 4.74. The summed E-state index contributed by atoms with van der Waals surface area (Å²) in [6, 6.07) is 0. The fourth-order valence-corrected chi connectivity index (χ4v) is 0.694. The lowest BCUT2D eigenvalue weighted by molar-refractivity contribution is -0.153. The summed E-state index contributed by atoms with van der Waals surface area (Å²) in [5, 5.41) is 0. The van der Waals surface area contributed by atoms with E-state index in [9.17, 15) is 14.4 Å². The van der Waals surface area contributed by atoms with Gasteiger partial charge in [-0.2, -0.15) is 0 Å². The summed E-state index contributed by atoms with van der Waals surface area (Å²) in [6.45, 7) is 6.62. The summed E-state index contributed by atoms with van der Waals surface area (Å²) in [5.74, 6) is -2.39. The standard InChI is InChI=1S/C11H14O5/c1-4-6-15-10(13)7-8(3)11(14)16-9(12)5-2/h5,7H,2,4,6H2,1,3H3/b8-7-. The highest BCUT2D eigenvalue weighted by molar-refractivity contribution is 6.02. The van der Waals surface area contributed by atoms with Crippen molar-refractivity contribution in [3.05, 3.63) is 24.3 Å². The van der Waals surface area contributed by atoms with Gasteiger partial charge in [0, 0.05) is 17.7 Å². The van der Waals surface area contributed by atoms with Crippen molar-refractivity contribution in [3.63, 3.8) is 0 Å². The minimum absolute atomic E-state index is 0.00342. The van der Waals surface area contributed by atoms with E-state index in [0.29, 0.717) is 6.42 Å². The molecule has 0 N–H and O–H groups in total. The lowest BCUT2D eigenvalue weighted by Crippen LogP contribution is -2.12. The Morgan fingerprint density at radius 3 is 2.38 bits per heavy atom. The maximum Gasteiger partial charge on any atom is 0.341 e. The summed E-state index contributed by atoms with van der Waals surface area (Å²) >= 11 is 0. The first-order chi connectivity index (χ1) is 7.51. The molecule has 0 radical (unpaired) electrons. The molecule has 5 nitrogen and oxygen atoms in total. The summed E-state index contributed by atoms with van der Waals surface area (Å²) in [4.78, 5) is 32.9. The van der Waals surface area contributed by atoms with Crippen LogP contribution in [0, 0.1) is 0 Å². The minimum atomic E-state index is -0.890.